The number of hydrogen-bond donors (Lipinski definition) is 1. The van der Waals surface area contributed by atoms with Gasteiger partial charge in [-0.05, 0) is 6.42 Å². The van der Waals surface area contributed by atoms with Gasteiger partial charge in [-0.3, -0.25) is 4.68 Å². The zero-order valence-corrected chi connectivity index (χ0v) is 11.6. The summed E-state index contributed by atoms with van der Waals surface area (Å²) in [4.78, 5) is 0. The molecule has 0 bridgehead atoms. The number of rotatable bonds is 2. The summed E-state index contributed by atoms with van der Waals surface area (Å²) in [6, 6.07) is -0.0956. The highest BCUT2D eigenvalue weighted by molar-refractivity contribution is 7.89. The van der Waals surface area contributed by atoms with Gasteiger partial charge in [-0.25, -0.2) is 8.42 Å². The molecule has 0 aromatic carbocycles. The van der Waals surface area contributed by atoms with Crippen LogP contribution in [-0.2, 0) is 17.1 Å². The number of sulfonamides is 1. The number of halogens is 2. The number of aromatic nitrogens is 2. The third kappa shape index (κ3) is 2.58. The van der Waals surface area contributed by atoms with E-state index < -0.39 is 10.0 Å². The molecule has 1 aromatic rings. The molecule has 0 amide bonds. The summed E-state index contributed by atoms with van der Waals surface area (Å²) in [5.74, 6) is 0. The number of aryl methyl sites for hydroxylation is 1. The Balaban J connectivity index is 0.00000144. The fourth-order valence-electron chi connectivity index (χ4n) is 1.78. The molecule has 6 nitrogen and oxygen atoms in total. The van der Waals surface area contributed by atoms with Crippen LogP contribution < -0.4 is 5.73 Å². The predicted octanol–water partition coefficient (Wildman–Crippen LogP) is 0.217. The van der Waals surface area contributed by atoms with Gasteiger partial charge in [-0.1, -0.05) is 11.6 Å². The topological polar surface area (TPSA) is 81.2 Å². The Labute approximate surface area is 111 Å². The van der Waals surface area contributed by atoms with Gasteiger partial charge in [0.15, 0.2) is 5.03 Å². The van der Waals surface area contributed by atoms with Crippen LogP contribution in [0.25, 0.3) is 0 Å². The zero-order chi connectivity index (χ0) is 11.9. The highest BCUT2D eigenvalue weighted by atomic mass is 35.5. The van der Waals surface area contributed by atoms with Crippen LogP contribution in [-0.4, -0.2) is 41.6 Å². The van der Waals surface area contributed by atoms with E-state index in [1.54, 1.807) is 7.05 Å². The number of nitrogens with zero attached hydrogens (tertiary/aromatic N) is 3. The van der Waals surface area contributed by atoms with Gasteiger partial charge in [-0.2, -0.15) is 9.40 Å². The Hall–Kier alpha value is -0.340. The van der Waals surface area contributed by atoms with E-state index >= 15 is 0 Å². The first-order valence-electron chi connectivity index (χ1n) is 4.86. The quantitative estimate of drug-likeness (QED) is 0.847. The summed E-state index contributed by atoms with van der Waals surface area (Å²) in [5.41, 5.74) is 5.69. The lowest BCUT2D eigenvalue weighted by Crippen LogP contribution is -2.33. The maximum absolute atomic E-state index is 12.2. The first kappa shape index (κ1) is 14.7. The molecular formula is C8H14Cl2N4O2S. The molecule has 2 rings (SSSR count). The summed E-state index contributed by atoms with van der Waals surface area (Å²) < 4.78 is 27.0. The van der Waals surface area contributed by atoms with E-state index in [0.29, 0.717) is 19.5 Å². The Morgan fingerprint density at radius 2 is 2.24 bits per heavy atom. The van der Waals surface area contributed by atoms with Crippen LogP contribution in [0.5, 0.6) is 0 Å². The maximum atomic E-state index is 12.2. The highest BCUT2D eigenvalue weighted by Crippen LogP contribution is 2.25. The van der Waals surface area contributed by atoms with E-state index in [9.17, 15) is 8.42 Å². The Morgan fingerprint density at radius 3 is 2.65 bits per heavy atom. The zero-order valence-electron chi connectivity index (χ0n) is 9.21. The lowest BCUT2D eigenvalue weighted by atomic mass is 10.3. The monoisotopic (exact) mass is 300 g/mol. The Bertz CT molecular complexity index is 482. The van der Waals surface area contributed by atoms with Crippen LogP contribution >= 0.6 is 24.0 Å². The van der Waals surface area contributed by atoms with Gasteiger partial charge in [0.2, 0.25) is 0 Å². The van der Waals surface area contributed by atoms with Gasteiger partial charge < -0.3 is 5.73 Å². The summed E-state index contributed by atoms with van der Waals surface area (Å²) in [6.07, 6.45) is 2.00. The van der Waals surface area contributed by atoms with E-state index in [4.69, 9.17) is 17.3 Å². The third-order valence-corrected chi connectivity index (χ3v) is 4.99. The standard InChI is InChI=1S/C8H13ClN4O2S.ClH/c1-12-8(7(9)4-11-12)16(14,15)13-3-2-6(10)5-13;/h4,6H,2-3,5,10H2,1H3;1H/t6-;/m1./s1. The van der Waals surface area contributed by atoms with Crippen molar-refractivity contribution in [2.24, 2.45) is 12.8 Å². The summed E-state index contributed by atoms with van der Waals surface area (Å²) in [7, 11) is -2.02. The van der Waals surface area contributed by atoms with Crippen LogP contribution in [0, 0.1) is 0 Å². The lowest BCUT2D eigenvalue weighted by molar-refractivity contribution is 0.463. The van der Waals surface area contributed by atoms with Crippen LogP contribution in [0.15, 0.2) is 11.2 Å². The van der Waals surface area contributed by atoms with Crippen molar-refractivity contribution in [3.05, 3.63) is 11.2 Å². The van der Waals surface area contributed by atoms with E-state index in [2.05, 4.69) is 5.10 Å². The molecule has 1 fully saturated rings. The first-order valence-corrected chi connectivity index (χ1v) is 6.68. The predicted molar refractivity (Wildman–Crippen MR) is 66.8 cm³/mol. The van der Waals surface area contributed by atoms with Crippen LogP contribution in [0.4, 0.5) is 0 Å². The molecule has 2 N–H and O–H groups in total. The maximum Gasteiger partial charge on any atom is 0.261 e. The van der Waals surface area contributed by atoms with Gasteiger partial charge in [0.25, 0.3) is 10.0 Å². The molecule has 1 aromatic heterocycles. The van der Waals surface area contributed by atoms with Crippen LogP contribution in [0.1, 0.15) is 6.42 Å². The Kier molecular flexibility index (Phi) is 4.43. The molecule has 0 saturated carbocycles. The van der Waals surface area contributed by atoms with Crippen molar-refractivity contribution in [1.29, 1.82) is 0 Å². The van der Waals surface area contributed by atoms with E-state index in [0.717, 1.165) is 0 Å². The van der Waals surface area contributed by atoms with Gasteiger partial charge in [0, 0.05) is 26.2 Å². The van der Waals surface area contributed by atoms with Crippen LogP contribution in [0.3, 0.4) is 0 Å². The van der Waals surface area contributed by atoms with Crippen LogP contribution in [0.2, 0.25) is 5.02 Å². The number of hydrogen-bond acceptors (Lipinski definition) is 4. The van der Waals surface area contributed by atoms with Gasteiger partial charge >= 0.3 is 0 Å². The second-order valence-corrected chi connectivity index (χ2v) is 6.09. The molecule has 0 spiro atoms. The molecule has 1 atom stereocenters. The first-order chi connectivity index (χ1) is 7.43. The van der Waals surface area contributed by atoms with Crippen molar-refractivity contribution in [2.45, 2.75) is 17.5 Å². The average molecular weight is 301 g/mol. The molecule has 98 valence electrons. The molecular weight excluding hydrogens is 287 g/mol. The van der Waals surface area contributed by atoms with Crippen molar-refractivity contribution in [1.82, 2.24) is 14.1 Å². The fourth-order valence-corrected chi connectivity index (χ4v) is 3.90. The minimum absolute atomic E-state index is 0. The molecule has 1 saturated heterocycles. The van der Waals surface area contributed by atoms with Gasteiger partial charge in [-0.15, -0.1) is 12.4 Å². The second kappa shape index (κ2) is 5.11. The van der Waals surface area contributed by atoms with Crippen molar-refractivity contribution in [3.8, 4) is 0 Å². The summed E-state index contributed by atoms with van der Waals surface area (Å²) in [6.45, 7) is 0.773. The normalized spacial score (nSPS) is 21.5. The molecule has 1 aliphatic rings. The van der Waals surface area contributed by atoms with E-state index in [-0.39, 0.29) is 28.5 Å². The molecule has 0 unspecified atom stereocenters. The largest absolute Gasteiger partial charge is 0.326 e. The average Bonchev–Trinajstić information content (AvgIpc) is 2.74. The summed E-state index contributed by atoms with van der Waals surface area (Å²) in [5, 5.41) is 3.99. The third-order valence-electron chi connectivity index (χ3n) is 2.61. The van der Waals surface area contributed by atoms with Gasteiger partial charge in [0.1, 0.15) is 0 Å². The molecule has 0 radical (unpaired) electrons. The minimum atomic E-state index is -3.57. The highest BCUT2D eigenvalue weighted by Gasteiger charge is 2.34. The molecule has 0 aliphatic carbocycles. The van der Waals surface area contributed by atoms with Crippen molar-refractivity contribution < 1.29 is 8.42 Å². The minimum Gasteiger partial charge on any atom is -0.326 e. The molecule has 1 aliphatic heterocycles. The van der Waals surface area contributed by atoms with E-state index in [1.807, 2.05) is 0 Å². The lowest BCUT2D eigenvalue weighted by Gasteiger charge is -2.15. The molecule has 17 heavy (non-hydrogen) atoms. The number of nitrogens with two attached hydrogens (primary N) is 1. The summed E-state index contributed by atoms with van der Waals surface area (Å²) >= 11 is 5.82. The van der Waals surface area contributed by atoms with E-state index in [1.165, 1.54) is 15.2 Å². The Morgan fingerprint density at radius 1 is 1.59 bits per heavy atom. The second-order valence-electron chi connectivity index (χ2n) is 3.83. The van der Waals surface area contributed by atoms with Crippen molar-refractivity contribution in [3.63, 3.8) is 0 Å². The fraction of sp³-hybridized carbons (Fsp3) is 0.625. The molecule has 2 heterocycles. The van der Waals surface area contributed by atoms with Gasteiger partial charge in [0.05, 0.1) is 11.2 Å². The smallest absolute Gasteiger partial charge is 0.261 e. The van der Waals surface area contributed by atoms with Crippen molar-refractivity contribution >= 4 is 34.0 Å². The molecule has 9 heteroatoms. The SMILES string of the molecule is Cl.Cn1ncc(Cl)c1S(=O)(=O)N1CC[C@@H](N)C1. The van der Waals surface area contributed by atoms with Crippen molar-refractivity contribution in [2.75, 3.05) is 13.1 Å².